The lowest BCUT2D eigenvalue weighted by molar-refractivity contribution is 0.0375. The maximum Gasteiger partial charge on any atom is 0.327 e. The van der Waals surface area contributed by atoms with E-state index in [0.717, 1.165) is 12.0 Å². The standard InChI is InChI=1S/C13H20BNO/c1-12(2)9-14(16-13(12,3)4)10-5-7-11(15)8-6-10/h5-8H,9,15H2,1-4H3. The largest absolute Gasteiger partial charge is 0.426 e. The molecule has 2 nitrogen and oxygen atoms in total. The maximum absolute atomic E-state index is 6.15. The molecule has 1 aliphatic rings. The summed E-state index contributed by atoms with van der Waals surface area (Å²) in [5.74, 6) is 0. The van der Waals surface area contributed by atoms with Crippen molar-refractivity contribution in [2.75, 3.05) is 5.73 Å². The molecule has 0 bridgehead atoms. The highest BCUT2D eigenvalue weighted by Gasteiger charge is 2.49. The summed E-state index contributed by atoms with van der Waals surface area (Å²) in [6.45, 7) is 9.08. The van der Waals surface area contributed by atoms with E-state index in [0.29, 0.717) is 0 Å². The second kappa shape index (κ2) is 3.52. The first-order valence-corrected chi connectivity index (χ1v) is 5.85. The number of hydrogen-bond acceptors (Lipinski definition) is 2. The molecule has 1 heterocycles. The van der Waals surface area contributed by atoms with Gasteiger partial charge in [0.1, 0.15) is 0 Å². The molecular weight excluding hydrogens is 197 g/mol. The van der Waals surface area contributed by atoms with E-state index in [9.17, 15) is 0 Å². The third kappa shape index (κ3) is 1.84. The fraction of sp³-hybridized carbons (Fsp3) is 0.538. The lowest BCUT2D eigenvalue weighted by atomic mass is 9.54. The highest BCUT2D eigenvalue weighted by molar-refractivity contribution is 6.68. The second-order valence-corrected chi connectivity index (χ2v) is 5.87. The van der Waals surface area contributed by atoms with Crippen LogP contribution in [-0.2, 0) is 4.65 Å². The molecule has 1 fully saturated rings. The van der Waals surface area contributed by atoms with Crippen LogP contribution in [0.15, 0.2) is 24.3 Å². The number of nitrogen functional groups attached to an aromatic ring is 1. The third-order valence-corrected chi connectivity index (χ3v) is 4.07. The Hall–Kier alpha value is -0.955. The van der Waals surface area contributed by atoms with Crippen molar-refractivity contribution in [3.8, 4) is 0 Å². The molecule has 1 aromatic rings. The predicted octanol–water partition coefficient (Wildman–Crippen LogP) is 2.30. The summed E-state index contributed by atoms with van der Waals surface area (Å²) in [5, 5.41) is 0. The first kappa shape index (κ1) is 11.5. The first-order chi connectivity index (χ1) is 7.32. The van der Waals surface area contributed by atoms with Crippen LogP contribution in [0.3, 0.4) is 0 Å². The average Bonchev–Trinajstić information content (AvgIpc) is 2.37. The van der Waals surface area contributed by atoms with Crippen LogP contribution in [0.1, 0.15) is 27.7 Å². The minimum atomic E-state index is -0.0704. The monoisotopic (exact) mass is 217 g/mol. The Kier molecular flexibility index (Phi) is 2.54. The molecule has 0 spiro atoms. The molecule has 16 heavy (non-hydrogen) atoms. The van der Waals surface area contributed by atoms with Crippen molar-refractivity contribution in [3.05, 3.63) is 24.3 Å². The highest BCUT2D eigenvalue weighted by atomic mass is 16.5. The topological polar surface area (TPSA) is 35.2 Å². The Morgan fingerprint density at radius 2 is 1.69 bits per heavy atom. The van der Waals surface area contributed by atoms with E-state index in [2.05, 4.69) is 39.8 Å². The number of benzene rings is 1. The molecule has 0 unspecified atom stereocenters. The van der Waals surface area contributed by atoms with Crippen molar-refractivity contribution in [3.63, 3.8) is 0 Å². The Morgan fingerprint density at radius 3 is 2.12 bits per heavy atom. The molecule has 1 aromatic carbocycles. The van der Waals surface area contributed by atoms with E-state index in [-0.39, 0.29) is 17.9 Å². The fourth-order valence-corrected chi connectivity index (χ4v) is 2.16. The van der Waals surface area contributed by atoms with Gasteiger partial charge in [-0.3, -0.25) is 0 Å². The van der Waals surface area contributed by atoms with Crippen molar-refractivity contribution < 1.29 is 4.65 Å². The lowest BCUT2D eigenvalue weighted by Crippen LogP contribution is -2.36. The van der Waals surface area contributed by atoms with Crippen LogP contribution < -0.4 is 11.2 Å². The number of hydrogen-bond donors (Lipinski definition) is 1. The molecule has 0 radical (unpaired) electrons. The van der Waals surface area contributed by atoms with Gasteiger partial charge < -0.3 is 10.4 Å². The minimum Gasteiger partial charge on any atom is -0.426 e. The van der Waals surface area contributed by atoms with Gasteiger partial charge in [-0.2, -0.15) is 0 Å². The third-order valence-electron chi connectivity index (χ3n) is 4.07. The average molecular weight is 217 g/mol. The normalized spacial score (nSPS) is 22.4. The van der Waals surface area contributed by atoms with Crippen LogP contribution >= 0.6 is 0 Å². The summed E-state index contributed by atoms with van der Waals surface area (Å²) in [4.78, 5) is 0. The zero-order chi connectivity index (χ0) is 12.0. The van der Waals surface area contributed by atoms with E-state index < -0.39 is 0 Å². The van der Waals surface area contributed by atoms with E-state index in [1.54, 1.807) is 0 Å². The molecule has 0 atom stereocenters. The van der Waals surface area contributed by atoms with Crippen LogP contribution in [0.5, 0.6) is 0 Å². The van der Waals surface area contributed by atoms with Crippen LogP contribution in [0.4, 0.5) is 5.69 Å². The smallest absolute Gasteiger partial charge is 0.327 e. The van der Waals surface area contributed by atoms with Gasteiger partial charge in [0.25, 0.3) is 0 Å². The SMILES string of the molecule is CC1(C)CB(c2ccc(N)cc2)OC1(C)C. The zero-order valence-electron chi connectivity index (χ0n) is 10.6. The van der Waals surface area contributed by atoms with Gasteiger partial charge in [-0.25, -0.2) is 0 Å². The van der Waals surface area contributed by atoms with Crippen molar-refractivity contribution >= 4 is 18.1 Å². The van der Waals surface area contributed by atoms with Crippen molar-refractivity contribution in [2.24, 2.45) is 5.41 Å². The van der Waals surface area contributed by atoms with Gasteiger partial charge in [-0.05, 0) is 43.2 Å². The summed E-state index contributed by atoms with van der Waals surface area (Å²) in [7, 11) is 0. The quantitative estimate of drug-likeness (QED) is 0.578. The van der Waals surface area contributed by atoms with Crippen LogP contribution in [0, 0.1) is 5.41 Å². The first-order valence-electron chi connectivity index (χ1n) is 5.85. The summed E-state index contributed by atoms with van der Waals surface area (Å²) in [6.07, 6.45) is 1.06. The van der Waals surface area contributed by atoms with Gasteiger partial charge >= 0.3 is 6.92 Å². The molecule has 1 aliphatic heterocycles. The predicted molar refractivity (Wildman–Crippen MR) is 70.0 cm³/mol. The lowest BCUT2D eigenvalue weighted by Gasteiger charge is -2.34. The van der Waals surface area contributed by atoms with E-state index >= 15 is 0 Å². The van der Waals surface area contributed by atoms with Crippen LogP contribution in [-0.4, -0.2) is 12.5 Å². The van der Waals surface area contributed by atoms with E-state index in [1.807, 2.05) is 12.1 Å². The van der Waals surface area contributed by atoms with Gasteiger partial charge in [0, 0.05) is 5.69 Å². The van der Waals surface area contributed by atoms with Gasteiger partial charge in [0.15, 0.2) is 0 Å². The number of anilines is 1. The van der Waals surface area contributed by atoms with Crippen LogP contribution in [0.2, 0.25) is 6.32 Å². The molecule has 0 aliphatic carbocycles. The summed E-state index contributed by atoms with van der Waals surface area (Å²) in [5.41, 5.74) is 7.86. The summed E-state index contributed by atoms with van der Waals surface area (Å²) in [6, 6.07) is 8.02. The highest BCUT2D eigenvalue weighted by Crippen LogP contribution is 2.44. The molecule has 0 aromatic heterocycles. The van der Waals surface area contributed by atoms with Gasteiger partial charge in [0.2, 0.25) is 0 Å². The molecule has 2 rings (SSSR count). The number of rotatable bonds is 1. The van der Waals surface area contributed by atoms with Crippen molar-refractivity contribution in [1.82, 2.24) is 0 Å². The van der Waals surface area contributed by atoms with E-state index in [1.165, 1.54) is 5.46 Å². The number of nitrogens with two attached hydrogens (primary N) is 1. The molecule has 0 saturated carbocycles. The minimum absolute atomic E-state index is 0.0704. The molecule has 1 saturated heterocycles. The van der Waals surface area contributed by atoms with Crippen molar-refractivity contribution in [1.29, 1.82) is 0 Å². The Balaban J connectivity index is 2.23. The Morgan fingerprint density at radius 1 is 1.12 bits per heavy atom. The Labute approximate surface area is 98.3 Å². The summed E-state index contributed by atoms with van der Waals surface area (Å²) < 4.78 is 6.15. The van der Waals surface area contributed by atoms with Gasteiger partial charge in [-0.1, -0.05) is 26.0 Å². The second-order valence-electron chi connectivity index (χ2n) is 5.87. The molecule has 86 valence electrons. The van der Waals surface area contributed by atoms with Crippen molar-refractivity contribution in [2.45, 2.75) is 39.6 Å². The van der Waals surface area contributed by atoms with E-state index in [4.69, 9.17) is 10.4 Å². The summed E-state index contributed by atoms with van der Waals surface area (Å²) >= 11 is 0. The van der Waals surface area contributed by atoms with Gasteiger partial charge in [-0.15, -0.1) is 0 Å². The maximum atomic E-state index is 6.15. The Bertz CT molecular complexity index is 367. The van der Waals surface area contributed by atoms with Crippen LogP contribution in [0.25, 0.3) is 0 Å². The molecule has 0 amide bonds. The molecular formula is C13H20BNO. The molecule has 3 heteroatoms. The van der Waals surface area contributed by atoms with Gasteiger partial charge in [0.05, 0.1) is 5.60 Å². The fourth-order valence-electron chi connectivity index (χ4n) is 2.16. The molecule has 2 N–H and O–H groups in total. The zero-order valence-corrected chi connectivity index (χ0v) is 10.6.